The van der Waals surface area contributed by atoms with E-state index < -0.39 is 158 Å². The molecular formula is C75H92N14O14. The molecule has 28 heteroatoms. The fourth-order valence-electron chi connectivity index (χ4n) is 12.9. The van der Waals surface area contributed by atoms with Crippen LogP contribution in [0.2, 0.25) is 0 Å². The smallest absolute Gasteiger partial charge is 0.274 e. The van der Waals surface area contributed by atoms with E-state index in [0.717, 1.165) is 25.8 Å². The third-order valence-corrected chi connectivity index (χ3v) is 19.0. The molecule has 3 aliphatic rings. The van der Waals surface area contributed by atoms with Crippen LogP contribution in [0, 0.1) is 11.8 Å². The Hall–Kier alpha value is -11.1. The number of nitrogens with zero attached hydrogens (tertiary/aromatic N) is 8. The van der Waals surface area contributed by atoms with Crippen LogP contribution in [0.5, 0.6) is 11.5 Å². The van der Waals surface area contributed by atoms with E-state index in [2.05, 4.69) is 41.9 Å². The number of carbonyl (C=O) groups is 12. The molecular weight excluding hydrogens is 1320 g/mol. The normalized spacial score (nSPS) is 21.5. The van der Waals surface area contributed by atoms with Crippen LogP contribution in [0.3, 0.4) is 0 Å². The van der Waals surface area contributed by atoms with Crippen LogP contribution in [-0.2, 0) is 61.2 Å². The number of ether oxygens (including phenoxy) is 2. The molecule has 6 aromatic rings. The Bertz CT molecular complexity index is 4100. The first kappa shape index (κ1) is 76.1. The third-order valence-electron chi connectivity index (χ3n) is 19.0. The van der Waals surface area contributed by atoms with Gasteiger partial charge in [0, 0.05) is 65.1 Å². The maximum atomic E-state index is 15.3. The lowest BCUT2D eigenvalue weighted by molar-refractivity contribution is -0.146. The van der Waals surface area contributed by atoms with E-state index in [-0.39, 0.29) is 62.0 Å². The van der Waals surface area contributed by atoms with Gasteiger partial charge in [0.05, 0.1) is 37.2 Å². The summed E-state index contributed by atoms with van der Waals surface area (Å²) in [5.41, 5.74) is 2.08. The number of likely N-dealkylation sites (N-methyl/N-ethyl adjacent to an activating group) is 4. The lowest BCUT2D eigenvalue weighted by Crippen LogP contribution is -2.61. The van der Waals surface area contributed by atoms with Crippen LogP contribution in [0.1, 0.15) is 105 Å². The number of carbonyl (C=O) groups excluding carboxylic acids is 12. The van der Waals surface area contributed by atoms with Crippen molar-refractivity contribution >= 4 is 92.7 Å². The molecule has 6 N–H and O–H groups in total. The summed E-state index contributed by atoms with van der Waals surface area (Å²) in [6, 6.07) is 27.8. The average Bonchev–Trinajstić information content (AvgIpc) is 0.805. The molecule has 0 aliphatic carbocycles. The minimum Gasteiger partial charge on any atom is -0.486 e. The molecule has 0 saturated carbocycles. The summed E-state index contributed by atoms with van der Waals surface area (Å²) in [5, 5.41) is 17.7. The fourth-order valence-corrected chi connectivity index (χ4v) is 12.9. The zero-order valence-corrected chi connectivity index (χ0v) is 59.5. The molecule has 103 heavy (non-hydrogen) atoms. The van der Waals surface area contributed by atoms with Crippen LogP contribution in [0.4, 0.5) is 0 Å². The average molecular weight is 1410 g/mol. The SMILES string of the molecule is CC[C@H](C)[C@H]1C(=O)NC[C@@H](NC(=O)c2nc3ccccc3cc2OCc2ccccc2)C(=O)N2CCCC[C@H]2C(=O)NCC(=O)N(C)CC(=O)N(C)[C@@H](C(C)C)C(=O)NC[C@@H](NC(=O)c2nc3ccccc3cc2OCc2ccccc2)C(=O)N2CCCC[C@H]2C(=O)NCC(=O)N(C)CC(=O)N1C. The van der Waals surface area contributed by atoms with Crippen molar-refractivity contribution in [1.29, 1.82) is 0 Å². The first-order valence-electron chi connectivity index (χ1n) is 34.9. The van der Waals surface area contributed by atoms with Crippen molar-refractivity contribution in [2.75, 3.05) is 80.5 Å². The van der Waals surface area contributed by atoms with E-state index in [4.69, 9.17) is 9.47 Å². The Morgan fingerprint density at radius 3 is 1.29 bits per heavy atom. The number of fused-ring (bicyclic) bond motifs is 4. The van der Waals surface area contributed by atoms with Crippen molar-refractivity contribution in [3.63, 3.8) is 0 Å². The predicted octanol–water partition coefficient (Wildman–Crippen LogP) is 3.35. The predicted molar refractivity (Wildman–Crippen MR) is 381 cm³/mol. The van der Waals surface area contributed by atoms with Gasteiger partial charge in [-0.15, -0.1) is 0 Å². The number of pyridine rings is 2. The number of piperidine rings is 2. The van der Waals surface area contributed by atoms with Crippen LogP contribution >= 0.6 is 0 Å². The van der Waals surface area contributed by atoms with Crippen LogP contribution in [-0.4, -0.2) is 227 Å². The van der Waals surface area contributed by atoms with Gasteiger partial charge in [-0.05, 0) is 85.8 Å². The molecule has 0 bridgehead atoms. The molecule has 0 unspecified atom stereocenters. The Labute approximate surface area is 598 Å². The Morgan fingerprint density at radius 2 is 0.883 bits per heavy atom. The third kappa shape index (κ3) is 19.3. The lowest BCUT2D eigenvalue weighted by Gasteiger charge is -2.37. The standard InChI is InChI=1S/C75H92N14O14/c1-9-47(4)67-73(99)77-39-55(83-71(97)65-59(103-45-49-26-14-11-15-27-49)37-51-29-17-19-31-53(51)81-65)75(101)89-35-23-21-33-57(89)69(95)78-40-60(90)84(5)42-62(92)86(7)66(46(2)3)72(98)76-38-54(74(100)88-34-22-20-32-56(88)68(94)79-41-61(91)85(6)43-63(93)87(67)8)82-70(96)64-58(102-44-48-24-12-10-13-25-48)36-50-28-16-18-30-52(50)80-64/h10-19,24-31,36-37,46-47,54-57,66-67H,9,20-23,32-35,38-45H2,1-8H3,(H,76,98)(H,77,99)(H,78,95)(H,79,94)(H,82,96)(H,83,97)/t47-,54+,55+,56-,57-,66-,67-/m0/s1. The van der Waals surface area contributed by atoms with E-state index in [0.29, 0.717) is 53.9 Å². The number of rotatable bonds is 13. The number of hydrogen-bond donors (Lipinski definition) is 6. The fraction of sp³-hybridized carbons (Fsp3) is 0.440. The number of hydrogen-bond acceptors (Lipinski definition) is 16. The van der Waals surface area contributed by atoms with E-state index >= 15 is 9.59 Å². The quantitative estimate of drug-likeness (QED) is 0.0966. The summed E-state index contributed by atoms with van der Waals surface area (Å²) in [5.74, 6) is -9.91. The van der Waals surface area contributed by atoms with Crippen molar-refractivity contribution in [2.24, 2.45) is 11.8 Å². The van der Waals surface area contributed by atoms with Crippen molar-refractivity contribution < 1.29 is 67.0 Å². The van der Waals surface area contributed by atoms with E-state index in [1.807, 2.05) is 67.6 Å². The Morgan fingerprint density at radius 1 is 0.495 bits per heavy atom. The minimum atomic E-state index is -1.58. The van der Waals surface area contributed by atoms with Crippen LogP contribution in [0.15, 0.2) is 121 Å². The van der Waals surface area contributed by atoms with Gasteiger partial charge < -0.3 is 70.8 Å². The second kappa shape index (κ2) is 35.5. The Balaban J connectivity index is 1.00. The molecule has 0 spiro atoms. The lowest BCUT2D eigenvalue weighted by atomic mass is 9.96. The molecule has 3 saturated heterocycles. The summed E-state index contributed by atoms with van der Waals surface area (Å²) in [7, 11) is 5.44. The van der Waals surface area contributed by atoms with Gasteiger partial charge in [0.2, 0.25) is 59.1 Å². The van der Waals surface area contributed by atoms with Gasteiger partial charge in [-0.2, -0.15) is 0 Å². The molecule has 7 atom stereocenters. The summed E-state index contributed by atoms with van der Waals surface area (Å²) in [6.45, 7) is 3.56. The van der Waals surface area contributed by atoms with Gasteiger partial charge in [0.15, 0.2) is 22.9 Å². The van der Waals surface area contributed by atoms with Gasteiger partial charge in [0.1, 0.15) is 49.5 Å². The molecule has 4 aromatic carbocycles. The zero-order chi connectivity index (χ0) is 74.0. The van der Waals surface area contributed by atoms with Crippen molar-refractivity contribution in [3.8, 4) is 11.5 Å². The number of amides is 12. The van der Waals surface area contributed by atoms with E-state index in [9.17, 15) is 47.9 Å². The highest BCUT2D eigenvalue weighted by Crippen LogP contribution is 2.28. The summed E-state index contributed by atoms with van der Waals surface area (Å²) < 4.78 is 12.5. The van der Waals surface area contributed by atoms with Gasteiger partial charge >= 0.3 is 0 Å². The first-order chi connectivity index (χ1) is 49.4. The van der Waals surface area contributed by atoms with Crippen molar-refractivity contribution in [3.05, 3.63) is 144 Å². The second-order valence-corrected chi connectivity index (χ2v) is 26.7. The largest absolute Gasteiger partial charge is 0.486 e. The molecule has 9 rings (SSSR count). The van der Waals surface area contributed by atoms with Gasteiger partial charge in [-0.1, -0.05) is 131 Å². The van der Waals surface area contributed by atoms with E-state index in [1.54, 1.807) is 81.4 Å². The zero-order valence-electron chi connectivity index (χ0n) is 59.5. The summed E-state index contributed by atoms with van der Waals surface area (Å²) in [4.78, 5) is 191. The maximum Gasteiger partial charge on any atom is 0.274 e. The van der Waals surface area contributed by atoms with Gasteiger partial charge in [0.25, 0.3) is 11.8 Å². The first-order valence-corrected chi connectivity index (χ1v) is 34.9. The molecule has 12 amide bonds. The van der Waals surface area contributed by atoms with Crippen molar-refractivity contribution in [1.82, 2.24) is 71.3 Å². The topological polar surface area (TPSA) is 341 Å². The number of benzene rings is 4. The van der Waals surface area contributed by atoms with Crippen LogP contribution < -0.4 is 41.4 Å². The number of aromatic nitrogens is 2. The molecule has 546 valence electrons. The number of nitrogens with one attached hydrogen (secondary N) is 6. The Kier molecular flexibility index (Phi) is 26.2. The minimum absolute atomic E-state index is 0.0254. The summed E-state index contributed by atoms with van der Waals surface area (Å²) >= 11 is 0. The van der Waals surface area contributed by atoms with Gasteiger partial charge in [-0.25, -0.2) is 9.97 Å². The molecule has 0 radical (unpaired) electrons. The highest BCUT2D eigenvalue weighted by molar-refractivity contribution is 6.03. The van der Waals surface area contributed by atoms with Gasteiger partial charge in [-0.3, -0.25) is 57.5 Å². The monoisotopic (exact) mass is 1410 g/mol. The van der Waals surface area contributed by atoms with Crippen LogP contribution in [0.25, 0.3) is 21.8 Å². The maximum absolute atomic E-state index is 15.3. The molecule has 3 aliphatic heterocycles. The molecule has 28 nitrogen and oxygen atoms in total. The highest BCUT2D eigenvalue weighted by atomic mass is 16.5. The second-order valence-electron chi connectivity index (χ2n) is 26.7. The molecule has 3 fully saturated rings. The highest BCUT2D eigenvalue weighted by Gasteiger charge is 2.42. The van der Waals surface area contributed by atoms with E-state index in [1.165, 1.54) is 42.9 Å². The number of para-hydroxylation sites is 2. The molecule has 2 aromatic heterocycles. The molecule has 5 heterocycles. The van der Waals surface area contributed by atoms with Crippen molar-refractivity contribution in [2.45, 2.75) is 122 Å². The summed E-state index contributed by atoms with van der Waals surface area (Å²) in [6.07, 6.45) is 2.51.